The second-order valence-electron chi connectivity index (χ2n) is 6.87. The number of anilines is 1. The van der Waals surface area contributed by atoms with Crippen molar-refractivity contribution in [3.05, 3.63) is 36.4 Å². The summed E-state index contributed by atoms with van der Waals surface area (Å²) in [5, 5.41) is 8.07. The Kier molecular flexibility index (Phi) is 10.6. The van der Waals surface area contributed by atoms with Crippen molar-refractivity contribution in [2.24, 2.45) is 10.2 Å². The van der Waals surface area contributed by atoms with Crippen LogP contribution < -0.4 is 23.4 Å². The van der Waals surface area contributed by atoms with Crippen LogP contribution in [0.5, 0.6) is 23.0 Å². The van der Waals surface area contributed by atoms with Gasteiger partial charge in [-0.2, -0.15) is 10.2 Å². The number of halogens is 1. The number of hydrogen-bond acceptors (Lipinski definition) is 8. The molecule has 184 valence electrons. The van der Waals surface area contributed by atoms with E-state index in [0.717, 1.165) is 4.42 Å². The normalized spacial score (nSPS) is 11.7. The van der Waals surface area contributed by atoms with Crippen molar-refractivity contribution < 1.29 is 28.5 Å². The number of carbonyl (C=O) groups is 2. The van der Waals surface area contributed by atoms with Gasteiger partial charge in [-0.1, -0.05) is 0 Å². The average Bonchev–Trinajstić information content (AvgIpc) is 2.80. The molecule has 0 heterocycles. The molecule has 0 N–H and O–H groups in total. The van der Waals surface area contributed by atoms with Crippen molar-refractivity contribution >= 4 is 34.8 Å². The molecule has 1 amide bonds. The fourth-order valence-electron chi connectivity index (χ4n) is 2.94. The second kappa shape index (κ2) is 13.4. The van der Waals surface area contributed by atoms with Gasteiger partial charge in [-0.25, -0.2) is 4.42 Å². The first-order valence-corrected chi connectivity index (χ1v) is 11.4. The first kappa shape index (κ1) is 26.9. The summed E-state index contributed by atoms with van der Waals surface area (Å²) in [6.07, 6.45) is 0. The highest BCUT2D eigenvalue weighted by atomic mass is 35.5. The van der Waals surface area contributed by atoms with Crippen LogP contribution in [-0.4, -0.2) is 44.2 Å². The van der Waals surface area contributed by atoms with E-state index in [0.29, 0.717) is 60.8 Å². The van der Waals surface area contributed by atoms with Crippen LogP contribution in [0.15, 0.2) is 46.6 Å². The number of ketones is 1. The number of nitrogens with zero attached hydrogens (tertiary/aromatic N) is 3. The maximum absolute atomic E-state index is 13.0. The molecule has 0 spiro atoms. The van der Waals surface area contributed by atoms with Crippen LogP contribution >= 0.6 is 11.8 Å². The minimum Gasteiger partial charge on any atom is -0.494 e. The number of Topliss-reactive ketones (excluding diaryl/α,β-unsaturated/α-hetero) is 1. The van der Waals surface area contributed by atoms with Gasteiger partial charge in [-0.15, -0.1) is 0 Å². The molecule has 2 aromatic rings. The van der Waals surface area contributed by atoms with Crippen molar-refractivity contribution in [2.45, 2.75) is 40.7 Å². The molecule has 0 fully saturated rings. The lowest BCUT2D eigenvalue weighted by Gasteiger charge is -2.19. The Bertz CT molecular complexity index is 990. The molecule has 0 saturated heterocycles. The highest BCUT2D eigenvalue weighted by molar-refractivity contribution is 6.39. The summed E-state index contributed by atoms with van der Waals surface area (Å²) in [5.41, 5.74) is 0.672. The van der Waals surface area contributed by atoms with Crippen molar-refractivity contribution in [1.29, 1.82) is 0 Å². The summed E-state index contributed by atoms with van der Waals surface area (Å²) in [6, 6.07) is 8.35. The van der Waals surface area contributed by atoms with Crippen LogP contribution in [0.2, 0.25) is 0 Å². The molecule has 0 aliphatic carbocycles. The topological polar surface area (TPSA) is 99.0 Å². The van der Waals surface area contributed by atoms with Crippen molar-refractivity contribution in [1.82, 2.24) is 0 Å². The minimum absolute atomic E-state index is 0.303. The summed E-state index contributed by atoms with van der Waals surface area (Å²) >= 11 is 6.31. The van der Waals surface area contributed by atoms with Gasteiger partial charge in [0.2, 0.25) is 6.04 Å². The first-order valence-electron chi connectivity index (χ1n) is 11.1. The monoisotopic (exact) mass is 491 g/mol. The van der Waals surface area contributed by atoms with Crippen LogP contribution in [-0.2, 0) is 9.59 Å². The molecule has 0 aliphatic heterocycles. The van der Waals surface area contributed by atoms with Gasteiger partial charge in [0.05, 0.1) is 37.8 Å². The van der Waals surface area contributed by atoms with E-state index < -0.39 is 17.7 Å². The number of benzene rings is 2. The summed E-state index contributed by atoms with van der Waals surface area (Å²) in [6.45, 7) is 10.4. The number of carbonyl (C=O) groups excluding carboxylic acids is 2. The van der Waals surface area contributed by atoms with Crippen LogP contribution in [0.25, 0.3) is 0 Å². The van der Waals surface area contributed by atoms with E-state index in [2.05, 4.69) is 10.2 Å². The number of ether oxygens (including phenoxy) is 4. The highest BCUT2D eigenvalue weighted by Gasteiger charge is 2.29. The zero-order valence-corrected chi connectivity index (χ0v) is 20.8. The van der Waals surface area contributed by atoms with Gasteiger partial charge in [0, 0.05) is 36.0 Å². The number of amides is 1. The first-order chi connectivity index (χ1) is 16.3. The van der Waals surface area contributed by atoms with Crippen LogP contribution in [0, 0.1) is 0 Å². The van der Waals surface area contributed by atoms with E-state index in [1.165, 1.54) is 6.92 Å². The van der Waals surface area contributed by atoms with Crippen LogP contribution in [0.3, 0.4) is 0 Å². The van der Waals surface area contributed by atoms with Crippen molar-refractivity contribution in [3.8, 4) is 23.0 Å². The highest BCUT2D eigenvalue weighted by Crippen LogP contribution is 2.34. The third-order valence-corrected chi connectivity index (χ3v) is 4.70. The Hall–Kier alpha value is -3.33. The van der Waals surface area contributed by atoms with E-state index in [4.69, 9.17) is 30.7 Å². The van der Waals surface area contributed by atoms with Gasteiger partial charge in [-0.3, -0.25) is 9.59 Å². The van der Waals surface area contributed by atoms with Gasteiger partial charge in [0.1, 0.15) is 11.5 Å². The summed E-state index contributed by atoms with van der Waals surface area (Å²) in [5.74, 6) is 0.747. The number of azo groups is 1. The second-order valence-corrected chi connectivity index (χ2v) is 7.21. The van der Waals surface area contributed by atoms with Crippen molar-refractivity contribution in [3.63, 3.8) is 0 Å². The van der Waals surface area contributed by atoms with Crippen molar-refractivity contribution in [2.75, 3.05) is 30.8 Å². The molecule has 34 heavy (non-hydrogen) atoms. The molecule has 0 aliphatic rings. The Labute approximate surface area is 204 Å². The molecular formula is C24H30ClN3O6. The fourth-order valence-corrected chi connectivity index (χ4v) is 3.14. The maximum atomic E-state index is 13.0. The standard InChI is InChI=1S/C24H30ClN3O6/c1-6-31-19-12-17(13-20(15-19)32-7-2)26-27-23(16(5)29)24(30)28(25)18-10-11-21(33-8-3)22(14-18)34-9-4/h10-15,23H,6-9H2,1-5H3. The molecule has 0 aromatic heterocycles. The van der Waals surface area contributed by atoms with Gasteiger partial charge in [0.15, 0.2) is 17.3 Å². The van der Waals surface area contributed by atoms with E-state index in [-0.39, 0.29) is 0 Å². The predicted octanol–water partition coefficient (Wildman–Crippen LogP) is 5.51. The van der Waals surface area contributed by atoms with Crippen LogP contribution in [0.1, 0.15) is 34.6 Å². The minimum atomic E-state index is -1.44. The zero-order valence-electron chi connectivity index (χ0n) is 20.0. The van der Waals surface area contributed by atoms with E-state index in [9.17, 15) is 9.59 Å². The van der Waals surface area contributed by atoms with Crippen LogP contribution in [0.4, 0.5) is 11.4 Å². The molecule has 2 rings (SSSR count). The molecule has 1 atom stereocenters. The quantitative estimate of drug-likeness (QED) is 0.208. The lowest BCUT2D eigenvalue weighted by atomic mass is 10.2. The SMILES string of the molecule is CCOc1cc(N=NC(C(C)=O)C(=O)N(Cl)c2ccc(OCC)c(OCC)c2)cc(OCC)c1. The Balaban J connectivity index is 2.31. The Morgan fingerprint density at radius 3 is 1.94 bits per heavy atom. The lowest BCUT2D eigenvalue weighted by Crippen LogP contribution is -2.36. The molecular weight excluding hydrogens is 462 g/mol. The largest absolute Gasteiger partial charge is 0.494 e. The molecule has 9 nitrogen and oxygen atoms in total. The van der Waals surface area contributed by atoms with E-state index >= 15 is 0 Å². The average molecular weight is 492 g/mol. The number of rotatable bonds is 13. The Morgan fingerprint density at radius 1 is 0.853 bits per heavy atom. The summed E-state index contributed by atoms with van der Waals surface area (Å²) < 4.78 is 23.0. The van der Waals surface area contributed by atoms with Gasteiger partial charge in [-0.05, 0) is 46.8 Å². The maximum Gasteiger partial charge on any atom is 0.276 e. The molecule has 0 bridgehead atoms. The zero-order chi connectivity index (χ0) is 25.1. The number of hydrogen-bond donors (Lipinski definition) is 0. The van der Waals surface area contributed by atoms with Gasteiger partial charge >= 0.3 is 0 Å². The third kappa shape index (κ3) is 7.34. The smallest absolute Gasteiger partial charge is 0.276 e. The summed E-state index contributed by atoms with van der Waals surface area (Å²) in [7, 11) is 0. The van der Waals surface area contributed by atoms with E-state index in [1.807, 2.05) is 27.7 Å². The molecule has 10 heteroatoms. The molecule has 0 radical (unpaired) electrons. The summed E-state index contributed by atoms with van der Waals surface area (Å²) in [4.78, 5) is 25.3. The van der Waals surface area contributed by atoms with Gasteiger partial charge in [0.25, 0.3) is 5.91 Å². The predicted molar refractivity (Wildman–Crippen MR) is 130 cm³/mol. The van der Waals surface area contributed by atoms with E-state index in [1.54, 1.807) is 36.4 Å². The van der Waals surface area contributed by atoms with Gasteiger partial charge < -0.3 is 18.9 Å². The molecule has 0 saturated carbocycles. The molecule has 1 unspecified atom stereocenters. The lowest BCUT2D eigenvalue weighted by molar-refractivity contribution is -0.126. The fraction of sp³-hybridized carbons (Fsp3) is 0.417. The Morgan fingerprint density at radius 2 is 1.41 bits per heavy atom. The molecule has 2 aromatic carbocycles. The third-order valence-electron chi connectivity index (χ3n) is 4.34.